The Balaban J connectivity index is 1.52. The van der Waals surface area contributed by atoms with Crippen LogP contribution in [0.15, 0.2) is 41.8 Å². The molecule has 25 heavy (non-hydrogen) atoms. The molecular formula is C19H19N3OS2. The number of aryl methyl sites for hydroxylation is 1. The second-order valence-electron chi connectivity index (χ2n) is 6.04. The SMILES string of the molecule is Cc1nc(-c2ccc(-c3ccc(C(=O)N4CCNCC4)cc3)s2)cs1. The molecule has 0 saturated carbocycles. The summed E-state index contributed by atoms with van der Waals surface area (Å²) in [6.45, 7) is 5.33. The van der Waals surface area contributed by atoms with Crippen LogP contribution in [-0.4, -0.2) is 42.0 Å². The Morgan fingerprint density at radius 3 is 2.48 bits per heavy atom. The first-order valence-corrected chi connectivity index (χ1v) is 10.0. The first-order chi connectivity index (χ1) is 12.2. The Kier molecular flexibility index (Phi) is 4.65. The highest BCUT2D eigenvalue weighted by atomic mass is 32.1. The van der Waals surface area contributed by atoms with Gasteiger partial charge in [0.15, 0.2) is 0 Å². The third-order valence-electron chi connectivity index (χ3n) is 4.30. The van der Waals surface area contributed by atoms with E-state index in [9.17, 15) is 4.79 Å². The Labute approximate surface area is 155 Å². The average Bonchev–Trinajstić information content (AvgIpc) is 3.31. The molecule has 1 fully saturated rings. The molecule has 1 N–H and O–H groups in total. The van der Waals surface area contributed by atoms with E-state index < -0.39 is 0 Å². The molecule has 1 aliphatic heterocycles. The number of rotatable bonds is 3. The first kappa shape index (κ1) is 16.4. The number of aromatic nitrogens is 1. The molecule has 6 heteroatoms. The molecule has 2 aromatic heterocycles. The summed E-state index contributed by atoms with van der Waals surface area (Å²) in [5.74, 6) is 0.123. The monoisotopic (exact) mass is 369 g/mol. The van der Waals surface area contributed by atoms with Crippen LogP contribution in [0, 0.1) is 6.92 Å². The maximum Gasteiger partial charge on any atom is 0.253 e. The molecule has 3 heterocycles. The van der Waals surface area contributed by atoms with Crippen molar-refractivity contribution in [3.05, 3.63) is 52.3 Å². The zero-order chi connectivity index (χ0) is 17.2. The molecule has 4 rings (SSSR count). The summed E-state index contributed by atoms with van der Waals surface area (Å²) in [5.41, 5.74) is 2.95. The van der Waals surface area contributed by atoms with E-state index in [4.69, 9.17) is 0 Å². The first-order valence-electron chi connectivity index (χ1n) is 8.33. The van der Waals surface area contributed by atoms with Crippen molar-refractivity contribution in [2.45, 2.75) is 6.92 Å². The summed E-state index contributed by atoms with van der Waals surface area (Å²) in [5, 5.41) is 6.45. The van der Waals surface area contributed by atoms with Gasteiger partial charge >= 0.3 is 0 Å². The van der Waals surface area contributed by atoms with Crippen LogP contribution in [0.1, 0.15) is 15.4 Å². The Morgan fingerprint density at radius 2 is 1.80 bits per heavy atom. The molecule has 1 aromatic carbocycles. The minimum absolute atomic E-state index is 0.123. The number of thiazole rings is 1. The van der Waals surface area contributed by atoms with Gasteiger partial charge in [0.25, 0.3) is 5.91 Å². The van der Waals surface area contributed by atoms with Crippen molar-refractivity contribution in [1.82, 2.24) is 15.2 Å². The van der Waals surface area contributed by atoms with Crippen LogP contribution in [0.2, 0.25) is 0 Å². The maximum atomic E-state index is 12.5. The number of thiophene rings is 1. The van der Waals surface area contributed by atoms with E-state index in [1.807, 2.05) is 36.1 Å². The lowest BCUT2D eigenvalue weighted by Crippen LogP contribution is -2.46. The normalized spacial score (nSPS) is 14.7. The van der Waals surface area contributed by atoms with E-state index in [1.165, 1.54) is 9.75 Å². The Bertz CT molecular complexity index is 876. The lowest BCUT2D eigenvalue weighted by molar-refractivity contribution is 0.0736. The average molecular weight is 370 g/mol. The van der Waals surface area contributed by atoms with Crippen molar-refractivity contribution in [2.75, 3.05) is 26.2 Å². The number of benzene rings is 1. The molecule has 128 valence electrons. The quantitative estimate of drug-likeness (QED) is 0.762. The third kappa shape index (κ3) is 3.51. The summed E-state index contributed by atoms with van der Waals surface area (Å²) in [6.07, 6.45) is 0. The predicted octanol–water partition coefficient (Wildman–Crippen LogP) is 3.89. The van der Waals surface area contributed by atoms with Gasteiger partial charge in [-0.25, -0.2) is 4.98 Å². The molecule has 0 unspecified atom stereocenters. The van der Waals surface area contributed by atoms with Gasteiger partial charge in [-0.2, -0.15) is 0 Å². The predicted molar refractivity (Wildman–Crippen MR) is 104 cm³/mol. The van der Waals surface area contributed by atoms with Crippen molar-refractivity contribution in [3.63, 3.8) is 0 Å². The van der Waals surface area contributed by atoms with Crippen molar-refractivity contribution in [1.29, 1.82) is 0 Å². The summed E-state index contributed by atoms with van der Waals surface area (Å²) < 4.78 is 0. The Hall–Kier alpha value is -2.02. The van der Waals surface area contributed by atoms with Crippen LogP contribution in [0.4, 0.5) is 0 Å². The van der Waals surface area contributed by atoms with Crippen LogP contribution in [0.3, 0.4) is 0 Å². The lowest BCUT2D eigenvalue weighted by Gasteiger charge is -2.27. The zero-order valence-corrected chi connectivity index (χ0v) is 15.6. The number of hydrogen-bond donors (Lipinski definition) is 1. The minimum Gasteiger partial charge on any atom is -0.336 e. The van der Waals surface area contributed by atoms with Crippen molar-refractivity contribution >= 4 is 28.6 Å². The molecule has 0 bridgehead atoms. The van der Waals surface area contributed by atoms with E-state index in [1.54, 1.807) is 22.7 Å². The highest BCUT2D eigenvalue weighted by molar-refractivity contribution is 7.19. The summed E-state index contributed by atoms with van der Waals surface area (Å²) in [4.78, 5) is 21.4. The van der Waals surface area contributed by atoms with Gasteiger partial charge in [-0.05, 0) is 36.8 Å². The molecule has 0 spiro atoms. The number of carbonyl (C=O) groups is 1. The van der Waals surface area contributed by atoms with Crippen molar-refractivity contribution in [3.8, 4) is 21.0 Å². The molecule has 0 radical (unpaired) electrons. The van der Waals surface area contributed by atoms with E-state index in [0.717, 1.165) is 48.0 Å². The van der Waals surface area contributed by atoms with Crippen LogP contribution < -0.4 is 5.32 Å². The van der Waals surface area contributed by atoms with Crippen molar-refractivity contribution in [2.24, 2.45) is 0 Å². The van der Waals surface area contributed by atoms with E-state index in [-0.39, 0.29) is 5.91 Å². The highest BCUT2D eigenvalue weighted by Gasteiger charge is 2.18. The minimum atomic E-state index is 0.123. The van der Waals surface area contributed by atoms with Gasteiger partial charge in [0.1, 0.15) is 0 Å². The van der Waals surface area contributed by atoms with Gasteiger partial charge in [-0.3, -0.25) is 4.79 Å². The molecule has 1 aliphatic rings. The van der Waals surface area contributed by atoms with Crippen LogP contribution in [0.5, 0.6) is 0 Å². The summed E-state index contributed by atoms with van der Waals surface area (Å²) in [6, 6.07) is 12.2. The second kappa shape index (κ2) is 7.07. The second-order valence-corrected chi connectivity index (χ2v) is 8.18. The Morgan fingerprint density at radius 1 is 1.08 bits per heavy atom. The fourth-order valence-corrected chi connectivity index (χ4v) is 4.59. The fraction of sp³-hybridized carbons (Fsp3) is 0.263. The summed E-state index contributed by atoms with van der Waals surface area (Å²) in [7, 11) is 0. The summed E-state index contributed by atoms with van der Waals surface area (Å²) >= 11 is 3.41. The molecule has 0 atom stereocenters. The van der Waals surface area contributed by atoms with Gasteiger partial charge in [-0.1, -0.05) is 12.1 Å². The van der Waals surface area contributed by atoms with Crippen LogP contribution in [0.25, 0.3) is 21.0 Å². The van der Waals surface area contributed by atoms with Crippen LogP contribution >= 0.6 is 22.7 Å². The van der Waals surface area contributed by atoms with Gasteiger partial charge < -0.3 is 10.2 Å². The highest BCUT2D eigenvalue weighted by Crippen LogP contribution is 2.34. The lowest BCUT2D eigenvalue weighted by atomic mass is 10.1. The number of amides is 1. The zero-order valence-electron chi connectivity index (χ0n) is 14.0. The molecular weight excluding hydrogens is 350 g/mol. The van der Waals surface area contributed by atoms with Crippen LogP contribution in [-0.2, 0) is 0 Å². The molecule has 0 aliphatic carbocycles. The van der Waals surface area contributed by atoms with E-state index in [2.05, 4.69) is 27.8 Å². The van der Waals surface area contributed by atoms with E-state index in [0.29, 0.717) is 0 Å². The molecule has 1 amide bonds. The number of piperazine rings is 1. The number of nitrogens with one attached hydrogen (secondary N) is 1. The van der Waals surface area contributed by atoms with E-state index >= 15 is 0 Å². The topological polar surface area (TPSA) is 45.2 Å². The molecule has 4 nitrogen and oxygen atoms in total. The number of nitrogens with zero attached hydrogens (tertiary/aromatic N) is 2. The van der Waals surface area contributed by atoms with Gasteiger partial charge in [0.05, 0.1) is 15.6 Å². The maximum absolute atomic E-state index is 12.5. The fourth-order valence-electron chi connectivity index (χ4n) is 2.93. The number of hydrogen-bond acceptors (Lipinski definition) is 5. The molecule has 3 aromatic rings. The third-order valence-corrected chi connectivity index (χ3v) is 6.23. The smallest absolute Gasteiger partial charge is 0.253 e. The molecule has 1 saturated heterocycles. The van der Waals surface area contributed by atoms with Gasteiger partial charge in [0.2, 0.25) is 0 Å². The van der Waals surface area contributed by atoms with Gasteiger partial charge in [0, 0.05) is 42.0 Å². The standard InChI is InChI=1S/C19H19N3OS2/c1-13-21-16(12-24-13)18-7-6-17(25-18)14-2-4-15(5-3-14)19(23)22-10-8-20-9-11-22/h2-7,12,20H,8-11H2,1H3. The largest absolute Gasteiger partial charge is 0.336 e. The van der Waals surface area contributed by atoms with Gasteiger partial charge in [-0.15, -0.1) is 22.7 Å². The van der Waals surface area contributed by atoms with Crippen molar-refractivity contribution < 1.29 is 4.79 Å². The number of carbonyl (C=O) groups excluding carboxylic acids is 1.